The minimum absolute atomic E-state index is 0.281. The molecule has 0 amide bonds. The van der Waals surface area contributed by atoms with Gasteiger partial charge in [0.2, 0.25) is 0 Å². The van der Waals surface area contributed by atoms with Crippen LogP contribution in [0.5, 0.6) is 0 Å². The summed E-state index contributed by atoms with van der Waals surface area (Å²) < 4.78 is 0. The lowest BCUT2D eigenvalue weighted by atomic mass is 10.2. The average molecular weight is 262 g/mol. The lowest BCUT2D eigenvalue weighted by Crippen LogP contribution is -2.26. The Morgan fingerprint density at radius 2 is 2.12 bits per heavy atom. The molecular weight excluding hydrogens is 245 g/mol. The molecule has 0 aliphatic heterocycles. The number of aliphatic hydroxyl groups excluding tert-OH is 1. The van der Waals surface area contributed by atoms with Gasteiger partial charge in [-0.3, -0.25) is 0 Å². The molecule has 0 aliphatic carbocycles. The molecule has 90 valence electrons. The Balaban J connectivity index is 2.37. The van der Waals surface area contributed by atoms with Gasteiger partial charge in [0.05, 0.1) is 6.10 Å². The molecule has 0 spiro atoms. The van der Waals surface area contributed by atoms with Gasteiger partial charge >= 0.3 is 0 Å². The molecule has 1 aromatic carbocycles. The average Bonchev–Trinajstić information content (AvgIpc) is 2.22. The summed E-state index contributed by atoms with van der Waals surface area (Å²) in [6.07, 6.45) is 1.53. The minimum atomic E-state index is -0.281. The third-order valence-corrected chi connectivity index (χ3v) is 2.92. The Labute approximate surface area is 107 Å². The number of nitrogens with one attached hydrogen (secondary N) is 1. The monoisotopic (exact) mass is 261 g/mol. The van der Waals surface area contributed by atoms with Crippen molar-refractivity contribution < 1.29 is 5.11 Å². The van der Waals surface area contributed by atoms with Gasteiger partial charge in [-0.05, 0) is 24.1 Å². The maximum Gasteiger partial charge on any atom is 0.0664 e. The Kier molecular flexibility index (Phi) is 6.14. The Hall–Kier alpha value is -0.280. The molecule has 0 saturated heterocycles. The van der Waals surface area contributed by atoms with Crippen LogP contribution in [0.2, 0.25) is 10.0 Å². The summed E-state index contributed by atoms with van der Waals surface area (Å²) >= 11 is 11.8. The van der Waals surface area contributed by atoms with Gasteiger partial charge in [0.25, 0.3) is 0 Å². The predicted molar refractivity (Wildman–Crippen MR) is 69.1 cm³/mol. The largest absolute Gasteiger partial charge is 0.392 e. The molecule has 0 aromatic heterocycles. The van der Waals surface area contributed by atoms with E-state index in [0.29, 0.717) is 23.1 Å². The maximum atomic E-state index is 9.52. The van der Waals surface area contributed by atoms with Crippen molar-refractivity contribution in [1.29, 1.82) is 0 Å². The van der Waals surface area contributed by atoms with Crippen LogP contribution in [-0.4, -0.2) is 17.8 Å². The molecular formula is C12H17Cl2NO. The highest BCUT2D eigenvalue weighted by molar-refractivity contribution is 6.35. The highest BCUT2D eigenvalue weighted by atomic mass is 35.5. The molecule has 0 radical (unpaired) electrons. The van der Waals surface area contributed by atoms with Gasteiger partial charge in [0.1, 0.15) is 0 Å². The van der Waals surface area contributed by atoms with Crippen LogP contribution in [0, 0.1) is 0 Å². The third kappa shape index (κ3) is 4.71. The topological polar surface area (TPSA) is 32.3 Å². The van der Waals surface area contributed by atoms with Gasteiger partial charge in [-0.2, -0.15) is 0 Å². The van der Waals surface area contributed by atoms with Crippen molar-refractivity contribution in [3.05, 3.63) is 33.8 Å². The van der Waals surface area contributed by atoms with E-state index in [4.69, 9.17) is 23.2 Å². The molecule has 4 heteroatoms. The van der Waals surface area contributed by atoms with Gasteiger partial charge in [0, 0.05) is 23.1 Å². The molecule has 16 heavy (non-hydrogen) atoms. The van der Waals surface area contributed by atoms with Crippen LogP contribution in [0.3, 0.4) is 0 Å². The van der Waals surface area contributed by atoms with Gasteiger partial charge in [-0.1, -0.05) is 42.6 Å². The highest BCUT2D eigenvalue weighted by Crippen LogP contribution is 2.20. The fraction of sp³-hybridized carbons (Fsp3) is 0.500. The van der Waals surface area contributed by atoms with Gasteiger partial charge < -0.3 is 10.4 Å². The molecule has 0 saturated carbocycles. The van der Waals surface area contributed by atoms with Crippen molar-refractivity contribution in [2.24, 2.45) is 0 Å². The van der Waals surface area contributed by atoms with Crippen LogP contribution < -0.4 is 5.32 Å². The van der Waals surface area contributed by atoms with Crippen LogP contribution >= 0.6 is 23.2 Å². The Morgan fingerprint density at radius 3 is 2.75 bits per heavy atom. The second-order valence-electron chi connectivity index (χ2n) is 3.81. The van der Waals surface area contributed by atoms with E-state index in [1.165, 1.54) is 0 Å². The maximum absolute atomic E-state index is 9.52. The normalized spacial score (nSPS) is 12.8. The summed E-state index contributed by atoms with van der Waals surface area (Å²) in [7, 11) is 0. The number of rotatable bonds is 6. The van der Waals surface area contributed by atoms with Crippen LogP contribution in [0.4, 0.5) is 0 Å². The standard InChI is InChI=1S/C12H17Cl2NO/c1-2-3-11(16)8-15-7-9-4-5-10(13)6-12(9)14/h4-6,11,15-16H,2-3,7-8H2,1H3. The first-order chi connectivity index (χ1) is 7.63. The molecule has 0 aliphatic rings. The van der Waals surface area contributed by atoms with Gasteiger partial charge in [-0.25, -0.2) is 0 Å². The van der Waals surface area contributed by atoms with E-state index < -0.39 is 0 Å². The number of hydrogen-bond donors (Lipinski definition) is 2. The first-order valence-electron chi connectivity index (χ1n) is 5.46. The Morgan fingerprint density at radius 1 is 1.38 bits per heavy atom. The second-order valence-corrected chi connectivity index (χ2v) is 4.65. The van der Waals surface area contributed by atoms with Crippen LogP contribution in [0.25, 0.3) is 0 Å². The smallest absolute Gasteiger partial charge is 0.0664 e. The molecule has 0 heterocycles. The number of halogens is 2. The fourth-order valence-corrected chi connectivity index (χ4v) is 1.95. The van der Waals surface area contributed by atoms with E-state index in [0.717, 1.165) is 18.4 Å². The number of benzene rings is 1. The van der Waals surface area contributed by atoms with Gasteiger partial charge in [0.15, 0.2) is 0 Å². The quantitative estimate of drug-likeness (QED) is 0.824. The summed E-state index contributed by atoms with van der Waals surface area (Å²) in [5.41, 5.74) is 0.995. The van der Waals surface area contributed by atoms with E-state index in [-0.39, 0.29) is 6.10 Å². The van der Waals surface area contributed by atoms with Crippen molar-refractivity contribution >= 4 is 23.2 Å². The van der Waals surface area contributed by atoms with E-state index in [1.807, 2.05) is 12.1 Å². The summed E-state index contributed by atoms with van der Waals surface area (Å²) in [5, 5.41) is 14.0. The third-order valence-electron chi connectivity index (χ3n) is 2.33. The summed E-state index contributed by atoms with van der Waals surface area (Å²) in [4.78, 5) is 0. The zero-order chi connectivity index (χ0) is 12.0. The van der Waals surface area contributed by atoms with E-state index in [2.05, 4.69) is 12.2 Å². The zero-order valence-electron chi connectivity index (χ0n) is 9.34. The number of hydrogen-bond acceptors (Lipinski definition) is 2. The lowest BCUT2D eigenvalue weighted by molar-refractivity contribution is 0.160. The minimum Gasteiger partial charge on any atom is -0.392 e. The van der Waals surface area contributed by atoms with E-state index in [1.54, 1.807) is 6.07 Å². The molecule has 1 atom stereocenters. The SMILES string of the molecule is CCCC(O)CNCc1ccc(Cl)cc1Cl. The van der Waals surface area contributed by atoms with Crippen LogP contribution in [0.15, 0.2) is 18.2 Å². The lowest BCUT2D eigenvalue weighted by Gasteiger charge is -2.11. The van der Waals surface area contributed by atoms with Crippen LogP contribution in [-0.2, 0) is 6.54 Å². The van der Waals surface area contributed by atoms with Gasteiger partial charge in [-0.15, -0.1) is 0 Å². The highest BCUT2D eigenvalue weighted by Gasteiger charge is 2.04. The zero-order valence-corrected chi connectivity index (χ0v) is 10.9. The molecule has 0 fully saturated rings. The molecule has 1 aromatic rings. The number of aliphatic hydroxyl groups is 1. The van der Waals surface area contributed by atoms with E-state index >= 15 is 0 Å². The van der Waals surface area contributed by atoms with Crippen molar-refractivity contribution in [2.75, 3.05) is 6.54 Å². The predicted octanol–water partition coefficient (Wildman–Crippen LogP) is 3.24. The molecule has 2 nitrogen and oxygen atoms in total. The van der Waals surface area contributed by atoms with Crippen molar-refractivity contribution in [3.8, 4) is 0 Å². The van der Waals surface area contributed by atoms with Crippen molar-refractivity contribution in [1.82, 2.24) is 5.32 Å². The molecule has 0 bridgehead atoms. The van der Waals surface area contributed by atoms with Crippen LogP contribution in [0.1, 0.15) is 25.3 Å². The molecule has 1 unspecified atom stereocenters. The summed E-state index contributed by atoms with van der Waals surface area (Å²) in [6, 6.07) is 5.43. The molecule has 1 rings (SSSR count). The van der Waals surface area contributed by atoms with Crippen molar-refractivity contribution in [2.45, 2.75) is 32.4 Å². The first kappa shape index (κ1) is 13.8. The Bertz CT molecular complexity index is 331. The first-order valence-corrected chi connectivity index (χ1v) is 6.21. The molecule has 2 N–H and O–H groups in total. The van der Waals surface area contributed by atoms with E-state index in [9.17, 15) is 5.11 Å². The summed E-state index contributed by atoms with van der Waals surface area (Å²) in [5.74, 6) is 0. The second kappa shape index (κ2) is 7.13. The fourth-order valence-electron chi connectivity index (χ4n) is 1.47. The van der Waals surface area contributed by atoms with Crippen molar-refractivity contribution in [3.63, 3.8) is 0 Å². The summed E-state index contributed by atoms with van der Waals surface area (Å²) in [6.45, 7) is 3.29.